The Hall–Kier alpha value is -0.300. The Bertz CT molecular complexity index is 324. The van der Waals surface area contributed by atoms with Gasteiger partial charge >= 0.3 is 0 Å². The molecule has 0 spiro atoms. The van der Waals surface area contributed by atoms with Crippen molar-refractivity contribution in [1.82, 2.24) is 0 Å². The molecular weight excluding hydrogens is 200 g/mol. The Labute approximate surface area is 98.7 Å². The van der Waals surface area contributed by atoms with E-state index in [0.717, 1.165) is 0 Å². The average molecular weight is 224 g/mol. The fourth-order valence-electron chi connectivity index (χ4n) is 2.00. The molecule has 0 bridgehead atoms. The predicted molar refractivity (Wildman–Crippen MR) is 71.2 cm³/mol. The van der Waals surface area contributed by atoms with Gasteiger partial charge in [-0.1, -0.05) is 48.5 Å². The molecule has 1 rings (SSSR count). The van der Waals surface area contributed by atoms with Gasteiger partial charge in [-0.2, -0.15) is 0 Å². The number of hydrogen-bond donors (Lipinski definition) is 0. The fraction of sp³-hybridized carbons (Fsp3) is 0.714. The summed E-state index contributed by atoms with van der Waals surface area (Å²) >= 11 is 1.94. The van der Waals surface area contributed by atoms with Crippen LogP contribution in [0.5, 0.6) is 0 Å². The maximum atomic E-state index is 2.36. The molecule has 1 aromatic heterocycles. The average Bonchev–Trinajstić information content (AvgIpc) is 2.45. The van der Waals surface area contributed by atoms with Gasteiger partial charge in [0, 0.05) is 4.88 Å². The SMILES string of the molecule is CC(C)c1csc(C(C)(C)C)c1C(C)C. The van der Waals surface area contributed by atoms with Crippen molar-refractivity contribution in [1.29, 1.82) is 0 Å². The van der Waals surface area contributed by atoms with Crippen LogP contribution in [-0.4, -0.2) is 0 Å². The van der Waals surface area contributed by atoms with Gasteiger partial charge in [-0.25, -0.2) is 0 Å². The van der Waals surface area contributed by atoms with Crippen molar-refractivity contribution in [3.05, 3.63) is 21.4 Å². The lowest BCUT2D eigenvalue weighted by Gasteiger charge is -2.22. The molecule has 0 aromatic carbocycles. The molecule has 1 heteroatoms. The second-order valence-corrected chi connectivity index (χ2v) is 6.87. The van der Waals surface area contributed by atoms with Crippen molar-refractivity contribution in [2.45, 2.75) is 65.7 Å². The lowest BCUT2D eigenvalue weighted by molar-refractivity contribution is 0.589. The van der Waals surface area contributed by atoms with Crippen molar-refractivity contribution in [2.24, 2.45) is 0 Å². The maximum Gasteiger partial charge on any atom is 0.0136 e. The zero-order valence-corrected chi connectivity index (χ0v) is 12.0. The highest BCUT2D eigenvalue weighted by molar-refractivity contribution is 7.10. The van der Waals surface area contributed by atoms with Crippen molar-refractivity contribution in [3.63, 3.8) is 0 Å². The molecule has 0 unspecified atom stereocenters. The number of hydrogen-bond acceptors (Lipinski definition) is 1. The van der Waals surface area contributed by atoms with Crippen molar-refractivity contribution >= 4 is 11.3 Å². The summed E-state index contributed by atoms with van der Waals surface area (Å²) in [6, 6.07) is 0. The first-order chi connectivity index (χ1) is 6.75. The van der Waals surface area contributed by atoms with Crippen LogP contribution >= 0.6 is 11.3 Å². The molecule has 1 heterocycles. The van der Waals surface area contributed by atoms with E-state index >= 15 is 0 Å². The minimum atomic E-state index is 0.289. The van der Waals surface area contributed by atoms with Gasteiger partial charge in [-0.05, 0) is 33.8 Å². The van der Waals surface area contributed by atoms with E-state index in [9.17, 15) is 0 Å². The minimum Gasteiger partial charge on any atom is -0.148 e. The highest BCUT2D eigenvalue weighted by atomic mass is 32.1. The molecular formula is C14H24S. The Morgan fingerprint density at radius 2 is 1.53 bits per heavy atom. The van der Waals surface area contributed by atoms with Gasteiger partial charge in [0.2, 0.25) is 0 Å². The van der Waals surface area contributed by atoms with Gasteiger partial charge in [-0.3, -0.25) is 0 Å². The minimum absolute atomic E-state index is 0.289. The molecule has 15 heavy (non-hydrogen) atoms. The van der Waals surface area contributed by atoms with Crippen LogP contribution in [-0.2, 0) is 5.41 Å². The third-order valence-electron chi connectivity index (χ3n) is 2.74. The van der Waals surface area contributed by atoms with Crippen molar-refractivity contribution in [3.8, 4) is 0 Å². The predicted octanol–water partition coefficient (Wildman–Crippen LogP) is 5.29. The van der Waals surface area contributed by atoms with E-state index < -0.39 is 0 Å². The summed E-state index contributed by atoms with van der Waals surface area (Å²) in [6.45, 7) is 16.1. The lowest BCUT2D eigenvalue weighted by Crippen LogP contribution is -2.13. The molecule has 0 saturated heterocycles. The molecule has 0 nitrogen and oxygen atoms in total. The van der Waals surface area contributed by atoms with Gasteiger partial charge in [0.15, 0.2) is 0 Å². The molecule has 0 aliphatic heterocycles. The first kappa shape index (κ1) is 12.8. The smallest absolute Gasteiger partial charge is 0.0136 e. The van der Waals surface area contributed by atoms with E-state index in [4.69, 9.17) is 0 Å². The molecule has 0 aliphatic rings. The van der Waals surface area contributed by atoms with Gasteiger partial charge < -0.3 is 0 Å². The van der Waals surface area contributed by atoms with Gasteiger partial charge in [-0.15, -0.1) is 11.3 Å². The van der Waals surface area contributed by atoms with E-state index in [1.54, 1.807) is 16.0 Å². The van der Waals surface area contributed by atoms with Crippen LogP contribution in [0.2, 0.25) is 0 Å². The molecule has 0 atom stereocenters. The fourth-order valence-corrected chi connectivity index (χ4v) is 3.48. The van der Waals surface area contributed by atoms with Gasteiger partial charge in [0.25, 0.3) is 0 Å². The standard InChI is InChI=1S/C14H24S/c1-9(2)11-8-15-13(14(5,6)7)12(11)10(3)4/h8-10H,1-7H3. The maximum absolute atomic E-state index is 2.36. The zero-order valence-electron chi connectivity index (χ0n) is 11.1. The Morgan fingerprint density at radius 3 is 1.87 bits per heavy atom. The van der Waals surface area contributed by atoms with E-state index in [0.29, 0.717) is 11.8 Å². The summed E-state index contributed by atoms with van der Waals surface area (Å²) in [4.78, 5) is 1.57. The molecule has 0 saturated carbocycles. The van der Waals surface area contributed by atoms with E-state index in [-0.39, 0.29) is 5.41 Å². The van der Waals surface area contributed by atoms with Crippen LogP contribution in [0.1, 0.15) is 76.3 Å². The van der Waals surface area contributed by atoms with E-state index in [2.05, 4.69) is 53.8 Å². The van der Waals surface area contributed by atoms with E-state index in [1.807, 2.05) is 11.3 Å². The second kappa shape index (κ2) is 4.29. The molecule has 0 fully saturated rings. The Morgan fingerprint density at radius 1 is 1.00 bits per heavy atom. The topological polar surface area (TPSA) is 0 Å². The molecule has 0 amide bonds. The molecule has 0 N–H and O–H groups in total. The highest BCUT2D eigenvalue weighted by Crippen LogP contribution is 2.40. The summed E-state index contributed by atoms with van der Waals surface area (Å²) in [5.74, 6) is 1.29. The zero-order chi connectivity index (χ0) is 11.8. The summed E-state index contributed by atoms with van der Waals surface area (Å²) in [5, 5.41) is 2.36. The molecule has 86 valence electrons. The number of rotatable bonds is 2. The van der Waals surface area contributed by atoms with Crippen molar-refractivity contribution in [2.75, 3.05) is 0 Å². The quantitative estimate of drug-likeness (QED) is 0.640. The first-order valence-corrected chi connectivity index (χ1v) is 6.74. The van der Waals surface area contributed by atoms with Crippen LogP contribution in [0.25, 0.3) is 0 Å². The van der Waals surface area contributed by atoms with Crippen LogP contribution in [0.15, 0.2) is 5.38 Å². The van der Waals surface area contributed by atoms with Crippen LogP contribution in [0.4, 0.5) is 0 Å². The third kappa shape index (κ3) is 2.63. The second-order valence-electron chi connectivity index (χ2n) is 5.99. The molecule has 0 aliphatic carbocycles. The Balaban J connectivity index is 3.31. The number of thiophene rings is 1. The first-order valence-electron chi connectivity index (χ1n) is 5.87. The van der Waals surface area contributed by atoms with Crippen LogP contribution in [0.3, 0.4) is 0 Å². The summed E-state index contributed by atoms with van der Waals surface area (Å²) in [6.07, 6.45) is 0. The van der Waals surface area contributed by atoms with Crippen LogP contribution in [0, 0.1) is 0 Å². The largest absolute Gasteiger partial charge is 0.148 e. The summed E-state index contributed by atoms with van der Waals surface area (Å²) in [7, 11) is 0. The van der Waals surface area contributed by atoms with Crippen LogP contribution < -0.4 is 0 Å². The lowest BCUT2D eigenvalue weighted by atomic mass is 9.84. The molecule has 1 aromatic rings. The van der Waals surface area contributed by atoms with E-state index in [1.165, 1.54) is 0 Å². The molecule has 0 radical (unpaired) electrons. The summed E-state index contributed by atoms with van der Waals surface area (Å²) in [5.41, 5.74) is 3.44. The van der Waals surface area contributed by atoms with Gasteiger partial charge in [0.05, 0.1) is 0 Å². The van der Waals surface area contributed by atoms with Gasteiger partial charge in [0.1, 0.15) is 0 Å². The van der Waals surface area contributed by atoms with Crippen molar-refractivity contribution < 1.29 is 0 Å². The normalized spacial score (nSPS) is 12.9. The summed E-state index contributed by atoms with van der Waals surface area (Å²) < 4.78 is 0. The Kier molecular flexibility index (Phi) is 3.65. The highest BCUT2D eigenvalue weighted by Gasteiger charge is 2.24. The monoisotopic (exact) mass is 224 g/mol. The third-order valence-corrected chi connectivity index (χ3v) is 4.18.